The van der Waals surface area contributed by atoms with Gasteiger partial charge in [-0.2, -0.15) is 0 Å². The van der Waals surface area contributed by atoms with Gasteiger partial charge in [0.25, 0.3) is 5.91 Å². The molecule has 1 N–H and O–H groups in total. The molecule has 0 aliphatic carbocycles. The average Bonchev–Trinajstić information content (AvgIpc) is 2.80. The van der Waals surface area contributed by atoms with Gasteiger partial charge in [0, 0.05) is 49.7 Å². The van der Waals surface area contributed by atoms with Gasteiger partial charge in [0.05, 0.1) is 7.11 Å². The number of carbonyl (C=O) groups excluding carboxylic acids is 2. The van der Waals surface area contributed by atoms with Gasteiger partial charge >= 0.3 is 0 Å². The maximum absolute atomic E-state index is 12.3. The molecule has 0 fully saturated rings. The van der Waals surface area contributed by atoms with Crippen LogP contribution in [0, 0.1) is 0 Å². The first-order chi connectivity index (χ1) is 14.5. The van der Waals surface area contributed by atoms with Crippen molar-refractivity contribution < 1.29 is 14.3 Å². The number of aromatic nitrogens is 3. The average molecular weight is 403 g/mol. The third-order valence-corrected chi connectivity index (χ3v) is 5.09. The van der Waals surface area contributed by atoms with E-state index < -0.39 is 0 Å². The number of pyridine rings is 1. The van der Waals surface area contributed by atoms with Crippen molar-refractivity contribution in [2.75, 3.05) is 19.1 Å². The predicted molar refractivity (Wildman–Crippen MR) is 111 cm³/mol. The Balaban J connectivity index is 1.47. The number of ether oxygens (including phenoxy) is 1. The molecule has 0 radical (unpaired) electrons. The molecule has 3 heterocycles. The van der Waals surface area contributed by atoms with Crippen LogP contribution in [0.15, 0.2) is 48.8 Å². The van der Waals surface area contributed by atoms with Crippen molar-refractivity contribution in [3.05, 3.63) is 65.6 Å². The van der Waals surface area contributed by atoms with E-state index in [0.29, 0.717) is 18.8 Å². The van der Waals surface area contributed by atoms with Crippen molar-refractivity contribution >= 4 is 17.5 Å². The minimum Gasteiger partial charge on any atom is -0.480 e. The summed E-state index contributed by atoms with van der Waals surface area (Å²) < 4.78 is 4.95. The summed E-state index contributed by atoms with van der Waals surface area (Å²) in [5, 5.41) is 10.5. The number of benzene rings is 1. The predicted octanol–water partition coefficient (Wildman–Crippen LogP) is 2.39. The molecule has 2 amide bonds. The molecular formula is C22H21N5O3. The van der Waals surface area contributed by atoms with Gasteiger partial charge in [0.15, 0.2) is 5.69 Å². The minimum absolute atomic E-state index is 0.135. The number of hydrogen-bond acceptors (Lipinski definition) is 6. The van der Waals surface area contributed by atoms with E-state index in [4.69, 9.17) is 4.74 Å². The lowest BCUT2D eigenvalue weighted by molar-refractivity contribution is -0.118. The molecule has 8 nitrogen and oxygen atoms in total. The minimum atomic E-state index is -0.322. The molecule has 0 saturated carbocycles. The van der Waals surface area contributed by atoms with E-state index in [2.05, 4.69) is 26.6 Å². The van der Waals surface area contributed by atoms with Crippen LogP contribution >= 0.6 is 0 Å². The quantitative estimate of drug-likeness (QED) is 0.703. The third kappa shape index (κ3) is 3.98. The summed E-state index contributed by atoms with van der Waals surface area (Å²) in [6.07, 6.45) is 4.76. The van der Waals surface area contributed by atoms with Crippen LogP contribution in [-0.4, -0.2) is 41.2 Å². The molecule has 1 aromatic carbocycles. The number of hydrogen-bond donors (Lipinski definition) is 1. The SMILES string of the molecule is COc1ccc(C(=O)NCc2cncc(-c3ccc4c(c3)CCC(=O)N4C)c2)nn1. The Morgan fingerprint density at radius 3 is 2.73 bits per heavy atom. The molecule has 1 aliphatic heterocycles. The standard InChI is InChI=1S/C22H21N5O3/c1-27-19-6-3-15(10-16(19)4-8-21(27)28)17-9-14(11-23-13-17)12-24-22(29)18-5-7-20(30-2)26-25-18/h3,5-7,9-11,13H,4,8,12H2,1-2H3,(H,24,29). The van der Waals surface area contributed by atoms with Gasteiger partial charge in [-0.25, -0.2) is 0 Å². The van der Waals surface area contributed by atoms with E-state index in [9.17, 15) is 9.59 Å². The fourth-order valence-electron chi connectivity index (χ4n) is 3.40. The van der Waals surface area contributed by atoms with Crippen LogP contribution in [0.1, 0.15) is 28.0 Å². The molecule has 152 valence electrons. The fraction of sp³-hybridized carbons (Fsp3) is 0.227. The van der Waals surface area contributed by atoms with E-state index in [1.54, 1.807) is 36.5 Å². The molecule has 1 aliphatic rings. The first-order valence-electron chi connectivity index (χ1n) is 9.55. The molecular weight excluding hydrogens is 382 g/mol. The summed E-state index contributed by atoms with van der Waals surface area (Å²) >= 11 is 0. The number of amides is 2. The number of rotatable bonds is 5. The number of nitrogens with one attached hydrogen (secondary N) is 1. The van der Waals surface area contributed by atoms with Gasteiger partial charge in [0.2, 0.25) is 11.8 Å². The number of methoxy groups -OCH3 is 1. The number of carbonyl (C=O) groups is 2. The van der Waals surface area contributed by atoms with Crippen LogP contribution in [0.4, 0.5) is 5.69 Å². The highest BCUT2D eigenvalue weighted by Gasteiger charge is 2.21. The Bertz CT molecular complexity index is 1100. The van der Waals surface area contributed by atoms with Crippen LogP contribution in [0.5, 0.6) is 5.88 Å². The highest BCUT2D eigenvalue weighted by Crippen LogP contribution is 2.31. The second-order valence-electron chi connectivity index (χ2n) is 7.02. The topological polar surface area (TPSA) is 97.3 Å². The van der Waals surface area contributed by atoms with Crippen molar-refractivity contribution in [2.45, 2.75) is 19.4 Å². The summed E-state index contributed by atoms with van der Waals surface area (Å²) in [6.45, 7) is 0.315. The lowest BCUT2D eigenvalue weighted by Crippen LogP contribution is -2.30. The van der Waals surface area contributed by atoms with Gasteiger partial charge in [-0.3, -0.25) is 14.6 Å². The van der Waals surface area contributed by atoms with Gasteiger partial charge in [-0.15, -0.1) is 10.2 Å². The Hall–Kier alpha value is -3.81. The Labute approximate surface area is 173 Å². The second-order valence-corrected chi connectivity index (χ2v) is 7.02. The molecule has 8 heteroatoms. The van der Waals surface area contributed by atoms with Gasteiger partial charge in [-0.05, 0) is 47.4 Å². The monoisotopic (exact) mass is 403 g/mol. The number of anilines is 1. The Morgan fingerprint density at radius 1 is 1.10 bits per heavy atom. The van der Waals surface area contributed by atoms with E-state index >= 15 is 0 Å². The maximum atomic E-state index is 12.3. The van der Waals surface area contributed by atoms with E-state index in [1.165, 1.54) is 7.11 Å². The van der Waals surface area contributed by atoms with Crippen molar-refractivity contribution in [1.82, 2.24) is 20.5 Å². The van der Waals surface area contributed by atoms with Crippen LogP contribution in [0.2, 0.25) is 0 Å². The van der Waals surface area contributed by atoms with Crippen molar-refractivity contribution in [1.29, 1.82) is 0 Å². The van der Waals surface area contributed by atoms with Gasteiger partial charge in [-0.1, -0.05) is 6.07 Å². The first-order valence-corrected chi connectivity index (χ1v) is 9.55. The zero-order valence-corrected chi connectivity index (χ0v) is 16.8. The zero-order chi connectivity index (χ0) is 21.1. The molecule has 0 bridgehead atoms. The summed E-state index contributed by atoms with van der Waals surface area (Å²) in [7, 11) is 3.29. The molecule has 0 unspecified atom stereocenters. The number of fused-ring (bicyclic) bond motifs is 1. The van der Waals surface area contributed by atoms with Crippen molar-refractivity contribution in [3.63, 3.8) is 0 Å². The number of aryl methyl sites for hydroxylation is 1. The lowest BCUT2D eigenvalue weighted by atomic mass is 9.96. The Kier molecular flexibility index (Phi) is 5.38. The molecule has 0 spiro atoms. The lowest BCUT2D eigenvalue weighted by Gasteiger charge is -2.26. The highest BCUT2D eigenvalue weighted by atomic mass is 16.5. The van der Waals surface area contributed by atoms with Crippen LogP contribution in [0.25, 0.3) is 11.1 Å². The molecule has 30 heavy (non-hydrogen) atoms. The van der Waals surface area contributed by atoms with Crippen molar-refractivity contribution in [2.24, 2.45) is 0 Å². The molecule has 2 aromatic heterocycles. The maximum Gasteiger partial charge on any atom is 0.272 e. The smallest absolute Gasteiger partial charge is 0.272 e. The molecule has 0 atom stereocenters. The summed E-state index contributed by atoms with van der Waals surface area (Å²) in [4.78, 5) is 30.2. The van der Waals surface area contributed by atoms with Crippen LogP contribution in [0.3, 0.4) is 0 Å². The van der Waals surface area contributed by atoms with E-state index in [1.807, 2.05) is 18.2 Å². The third-order valence-electron chi connectivity index (χ3n) is 5.09. The largest absolute Gasteiger partial charge is 0.480 e. The van der Waals surface area contributed by atoms with Crippen LogP contribution < -0.4 is 15.0 Å². The van der Waals surface area contributed by atoms with Crippen LogP contribution in [-0.2, 0) is 17.8 Å². The Morgan fingerprint density at radius 2 is 1.97 bits per heavy atom. The second kappa shape index (κ2) is 8.28. The zero-order valence-electron chi connectivity index (χ0n) is 16.8. The normalized spacial score (nSPS) is 13.0. The van der Waals surface area contributed by atoms with Gasteiger partial charge < -0.3 is 15.0 Å². The summed E-state index contributed by atoms with van der Waals surface area (Å²) in [6, 6.07) is 11.2. The number of nitrogens with zero attached hydrogens (tertiary/aromatic N) is 4. The highest BCUT2D eigenvalue weighted by molar-refractivity contribution is 5.96. The summed E-state index contributed by atoms with van der Waals surface area (Å²) in [5.74, 6) is 0.164. The fourth-order valence-corrected chi connectivity index (χ4v) is 3.40. The molecule has 4 rings (SSSR count). The molecule has 3 aromatic rings. The summed E-state index contributed by atoms with van der Waals surface area (Å²) in [5.41, 5.74) is 5.16. The van der Waals surface area contributed by atoms with E-state index in [0.717, 1.165) is 34.4 Å². The van der Waals surface area contributed by atoms with Gasteiger partial charge in [0.1, 0.15) is 0 Å². The first kappa shape index (κ1) is 19.5. The van der Waals surface area contributed by atoms with Crippen molar-refractivity contribution in [3.8, 4) is 17.0 Å². The molecule has 0 saturated heterocycles. The van der Waals surface area contributed by atoms with E-state index in [-0.39, 0.29) is 17.5 Å².